The molecule has 1 aromatic heterocycles. The van der Waals surface area contributed by atoms with Crippen molar-refractivity contribution in [1.82, 2.24) is 9.88 Å². The molecule has 2 aromatic carbocycles. The van der Waals surface area contributed by atoms with Crippen LogP contribution in [0.1, 0.15) is 12.8 Å². The minimum atomic E-state index is 0.117. The van der Waals surface area contributed by atoms with Crippen LogP contribution in [0.15, 0.2) is 48.5 Å². The van der Waals surface area contributed by atoms with Gasteiger partial charge in [0.2, 0.25) is 0 Å². The van der Waals surface area contributed by atoms with E-state index in [0.717, 1.165) is 46.9 Å². The molecule has 3 rings (SSSR count). The van der Waals surface area contributed by atoms with E-state index in [1.165, 1.54) is 0 Å². The molecular formula is C21H26N2O3. The minimum Gasteiger partial charge on any atom is -0.491 e. The second-order valence-electron chi connectivity index (χ2n) is 6.35. The normalized spacial score (nSPS) is 11.5. The quantitative estimate of drug-likeness (QED) is 0.433. The third kappa shape index (κ3) is 4.69. The molecule has 0 bridgehead atoms. The van der Waals surface area contributed by atoms with Gasteiger partial charge in [-0.3, -0.25) is 4.90 Å². The fourth-order valence-corrected chi connectivity index (χ4v) is 3.13. The number of fused-ring (bicyclic) bond motifs is 2. The zero-order valence-corrected chi connectivity index (χ0v) is 15.0. The zero-order valence-electron chi connectivity index (χ0n) is 15.0. The summed E-state index contributed by atoms with van der Waals surface area (Å²) in [5.41, 5.74) is 1.87. The van der Waals surface area contributed by atoms with Crippen LogP contribution in [-0.4, -0.2) is 59.6 Å². The average Bonchev–Trinajstić information content (AvgIpc) is 2.66. The SMILES string of the molecule is OCCN(CCO)CCCCOc1cccc2cc3ccccc3nc12. The summed E-state index contributed by atoms with van der Waals surface area (Å²) in [6.07, 6.45) is 1.87. The first-order valence-corrected chi connectivity index (χ1v) is 9.17. The van der Waals surface area contributed by atoms with E-state index in [1.54, 1.807) is 0 Å². The van der Waals surface area contributed by atoms with Crippen molar-refractivity contribution >= 4 is 21.8 Å². The van der Waals surface area contributed by atoms with Crippen molar-refractivity contribution in [3.05, 3.63) is 48.5 Å². The number of aliphatic hydroxyl groups is 2. The van der Waals surface area contributed by atoms with E-state index in [2.05, 4.69) is 23.1 Å². The third-order valence-corrected chi connectivity index (χ3v) is 4.47. The van der Waals surface area contributed by atoms with Crippen molar-refractivity contribution in [2.75, 3.05) is 39.5 Å². The molecule has 0 spiro atoms. The Morgan fingerprint density at radius 1 is 0.846 bits per heavy atom. The molecule has 0 radical (unpaired) electrons. The Balaban J connectivity index is 1.59. The highest BCUT2D eigenvalue weighted by atomic mass is 16.5. The van der Waals surface area contributed by atoms with Crippen LogP contribution in [0.3, 0.4) is 0 Å². The summed E-state index contributed by atoms with van der Waals surface area (Å²) < 4.78 is 5.99. The smallest absolute Gasteiger partial charge is 0.145 e. The van der Waals surface area contributed by atoms with Crippen molar-refractivity contribution < 1.29 is 14.9 Å². The average molecular weight is 354 g/mol. The second-order valence-corrected chi connectivity index (χ2v) is 6.35. The first-order valence-electron chi connectivity index (χ1n) is 9.17. The molecule has 2 N–H and O–H groups in total. The van der Waals surface area contributed by atoms with Crippen LogP contribution in [-0.2, 0) is 0 Å². The van der Waals surface area contributed by atoms with Crippen LogP contribution in [0, 0.1) is 0 Å². The third-order valence-electron chi connectivity index (χ3n) is 4.47. The summed E-state index contributed by atoms with van der Waals surface area (Å²) in [7, 11) is 0. The van der Waals surface area contributed by atoms with Gasteiger partial charge in [-0.25, -0.2) is 4.98 Å². The maximum absolute atomic E-state index is 9.04. The number of aromatic nitrogens is 1. The first kappa shape index (κ1) is 18.6. The predicted octanol–water partition coefficient (Wildman–Crippen LogP) is 2.83. The van der Waals surface area contributed by atoms with Gasteiger partial charge in [-0.15, -0.1) is 0 Å². The molecule has 0 aliphatic carbocycles. The van der Waals surface area contributed by atoms with E-state index in [1.807, 2.05) is 30.3 Å². The lowest BCUT2D eigenvalue weighted by molar-refractivity contribution is 0.157. The van der Waals surface area contributed by atoms with Crippen LogP contribution >= 0.6 is 0 Å². The molecule has 5 nitrogen and oxygen atoms in total. The summed E-state index contributed by atoms with van der Waals surface area (Å²) in [4.78, 5) is 6.83. The van der Waals surface area contributed by atoms with E-state index in [0.29, 0.717) is 19.7 Å². The number of nitrogens with zero attached hydrogens (tertiary/aromatic N) is 2. The maximum Gasteiger partial charge on any atom is 0.145 e. The summed E-state index contributed by atoms with van der Waals surface area (Å²) >= 11 is 0. The molecule has 1 heterocycles. The van der Waals surface area contributed by atoms with Gasteiger partial charge in [0.05, 0.1) is 25.3 Å². The van der Waals surface area contributed by atoms with Gasteiger partial charge in [-0.2, -0.15) is 0 Å². The van der Waals surface area contributed by atoms with Crippen molar-refractivity contribution in [3.63, 3.8) is 0 Å². The standard InChI is InChI=1S/C21H26N2O3/c24-13-11-23(12-14-25)10-3-4-15-26-20-9-5-7-18-16-17-6-1-2-8-19(17)22-21(18)20/h1-2,5-9,16,24-25H,3-4,10-15H2. The molecule has 0 saturated carbocycles. The monoisotopic (exact) mass is 354 g/mol. The lowest BCUT2D eigenvalue weighted by Gasteiger charge is -2.19. The van der Waals surface area contributed by atoms with Crippen LogP contribution in [0.25, 0.3) is 21.8 Å². The Labute approximate surface area is 153 Å². The molecule has 0 aliphatic rings. The summed E-state index contributed by atoms with van der Waals surface area (Å²) in [6.45, 7) is 2.91. The Kier molecular flexibility index (Phi) is 6.77. The number of ether oxygens (including phenoxy) is 1. The van der Waals surface area contributed by atoms with E-state index in [4.69, 9.17) is 19.9 Å². The molecule has 5 heteroatoms. The lowest BCUT2D eigenvalue weighted by Crippen LogP contribution is -2.31. The van der Waals surface area contributed by atoms with Crippen LogP contribution < -0.4 is 4.74 Å². The summed E-state index contributed by atoms with van der Waals surface area (Å²) in [6, 6.07) is 16.3. The highest BCUT2D eigenvalue weighted by molar-refractivity contribution is 5.95. The fourth-order valence-electron chi connectivity index (χ4n) is 3.13. The van der Waals surface area contributed by atoms with Crippen molar-refractivity contribution in [3.8, 4) is 5.75 Å². The summed E-state index contributed by atoms with van der Waals surface area (Å²) in [5, 5.41) is 20.3. The Morgan fingerprint density at radius 3 is 2.42 bits per heavy atom. The van der Waals surface area contributed by atoms with Gasteiger partial charge in [-0.05, 0) is 37.6 Å². The van der Waals surface area contributed by atoms with Gasteiger partial charge in [-0.1, -0.05) is 30.3 Å². The number of rotatable bonds is 10. The van der Waals surface area contributed by atoms with E-state index in [-0.39, 0.29) is 13.2 Å². The molecule has 0 atom stereocenters. The van der Waals surface area contributed by atoms with Crippen LogP contribution in [0.4, 0.5) is 0 Å². The highest BCUT2D eigenvalue weighted by Gasteiger charge is 2.07. The van der Waals surface area contributed by atoms with Gasteiger partial charge < -0.3 is 14.9 Å². The van der Waals surface area contributed by atoms with Gasteiger partial charge in [0, 0.05) is 23.9 Å². The second kappa shape index (κ2) is 9.48. The lowest BCUT2D eigenvalue weighted by atomic mass is 10.1. The van der Waals surface area contributed by atoms with Crippen molar-refractivity contribution in [1.29, 1.82) is 0 Å². The minimum absolute atomic E-state index is 0.117. The van der Waals surface area contributed by atoms with Gasteiger partial charge in [0.25, 0.3) is 0 Å². The van der Waals surface area contributed by atoms with Gasteiger partial charge >= 0.3 is 0 Å². The Bertz CT molecular complexity index is 832. The molecule has 3 aromatic rings. The maximum atomic E-state index is 9.04. The van der Waals surface area contributed by atoms with Crippen molar-refractivity contribution in [2.24, 2.45) is 0 Å². The Hall–Kier alpha value is -2.21. The fraction of sp³-hybridized carbons (Fsp3) is 0.381. The molecule has 0 unspecified atom stereocenters. The number of para-hydroxylation sites is 2. The molecule has 26 heavy (non-hydrogen) atoms. The van der Waals surface area contributed by atoms with Gasteiger partial charge in [0.1, 0.15) is 11.3 Å². The molecule has 0 saturated heterocycles. The largest absolute Gasteiger partial charge is 0.491 e. The van der Waals surface area contributed by atoms with E-state index in [9.17, 15) is 0 Å². The number of benzene rings is 2. The molecule has 0 amide bonds. The summed E-state index contributed by atoms with van der Waals surface area (Å²) in [5.74, 6) is 0.816. The predicted molar refractivity (Wildman–Crippen MR) is 105 cm³/mol. The molecular weight excluding hydrogens is 328 g/mol. The topological polar surface area (TPSA) is 65.8 Å². The van der Waals surface area contributed by atoms with Gasteiger partial charge in [0.15, 0.2) is 0 Å². The van der Waals surface area contributed by atoms with Crippen LogP contribution in [0.5, 0.6) is 5.75 Å². The number of hydrogen-bond donors (Lipinski definition) is 2. The highest BCUT2D eigenvalue weighted by Crippen LogP contribution is 2.27. The van der Waals surface area contributed by atoms with Crippen molar-refractivity contribution in [2.45, 2.75) is 12.8 Å². The van der Waals surface area contributed by atoms with E-state index >= 15 is 0 Å². The molecule has 0 aliphatic heterocycles. The number of pyridine rings is 1. The number of hydrogen-bond acceptors (Lipinski definition) is 5. The number of aliphatic hydroxyl groups excluding tert-OH is 2. The molecule has 138 valence electrons. The van der Waals surface area contributed by atoms with Crippen LogP contribution in [0.2, 0.25) is 0 Å². The Morgan fingerprint density at radius 2 is 1.62 bits per heavy atom. The zero-order chi connectivity index (χ0) is 18.2. The molecule has 0 fully saturated rings. The first-order chi connectivity index (χ1) is 12.8. The number of unbranched alkanes of at least 4 members (excludes halogenated alkanes) is 1. The van der Waals surface area contributed by atoms with E-state index < -0.39 is 0 Å².